The van der Waals surface area contributed by atoms with E-state index in [2.05, 4.69) is 48.0 Å². The first-order valence-corrected chi connectivity index (χ1v) is 10.3. The molecule has 4 nitrogen and oxygen atoms in total. The van der Waals surface area contributed by atoms with Crippen molar-refractivity contribution in [2.75, 3.05) is 26.2 Å². The highest BCUT2D eigenvalue weighted by Crippen LogP contribution is 2.27. The van der Waals surface area contributed by atoms with Crippen LogP contribution in [-0.2, 0) is 6.54 Å². The molecule has 0 radical (unpaired) electrons. The van der Waals surface area contributed by atoms with Crippen molar-refractivity contribution in [3.63, 3.8) is 0 Å². The first-order chi connectivity index (χ1) is 13.4. The van der Waals surface area contributed by atoms with Gasteiger partial charge in [0.2, 0.25) is 0 Å². The number of carbonyl (C=O) groups excluding carboxylic acids is 1. The molecule has 28 heavy (non-hydrogen) atoms. The van der Waals surface area contributed by atoms with Crippen molar-refractivity contribution in [1.82, 2.24) is 14.8 Å². The zero-order chi connectivity index (χ0) is 20.1. The maximum atomic E-state index is 12.8. The van der Waals surface area contributed by atoms with Crippen molar-refractivity contribution in [2.45, 2.75) is 37.1 Å². The largest absolute Gasteiger partial charge is 0.336 e. The van der Waals surface area contributed by atoms with Gasteiger partial charge in [0.05, 0.1) is 5.56 Å². The van der Waals surface area contributed by atoms with Gasteiger partial charge in [0.1, 0.15) is 5.03 Å². The summed E-state index contributed by atoms with van der Waals surface area (Å²) in [6.45, 7) is 7.88. The van der Waals surface area contributed by atoms with Crippen LogP contribution in [0.2, 0.25) is 0 Å². The number of aromatic nitrogens is 1. The van der Waals surface area contributed by atoms with E-state index < -0.39 is 5.76 Å². The molecule has 1 saturated heterocycles. The SMILES string of the molecule is CC(C)c1ccc(CN2CCN(C(=O)c3cccnc3SC(F)F)CC2)cc1. The molecule has 2 aromatic rings. The number of carbonyl (C=O) groups is 1. The molecule has 150 valence electrons. The van der Waals surface area contributed by atoms with Crippen LogP contribution in [0.1, 0.15) is 41.3 Å². The second-order valence-electron chi connectivity index (χ2n) is 7.20. The van der Waals surface area contributed by atoms with E-state index >= 15 is 0 Å². The average molecular weight is 406 g/mol. The summed E-state index contributed by atoms with van der Waals surface area (Å²) in [6, 6.07) is 11.9. The molecule has 7 heteroatoms. The van der Waals surface area contributed by atoms with Crippen LogP contribution < -0.4 is 0 Å². The monoisotopic (exact) mass is 405 g/mol. The summed E-state index contributed by atoms with van der Waals surface area (Å²) in [6.07, 6.45) is 1.43. The molecule has 0 atom stereocenters. The standard InChI is InChI=1S/C21H25F2N3OS/c1-15(2)17-7-5-16(6-8-17)14-25-10-12-26(13-11-25)20(27)18-4-3-9-24-19(18)28-21(22)23/h3-9,15,21H,10-14H2,1-2H3. The number of thioether (sulfide) groups is 1. The van der Waals surface area contributed by atoms with Crippen molar-refractivity contribution in [1.29, 1.82) is 0 Å². The van der Waals surface area contributed by atoms with Gasteiger partial charge in [0, 0.05) is 38.9 Å². The van der Waals surface area contributed by atoms with Gasteiger partial charge in [-0.3, -0.25) is 9.69 Å². The number of piperazine rings is 1. The molecule has 0 unspecified atom stereocenters. The second-order valence-corrected chi connectivity index (χ2v) is 8.18. The van der Waals surface area contributed by atoms with E-state index in [1.165, 1.54) is 17.3 Å². The average Bonchev–Trinajstić information content (AvgIpc) is 2.68. The van der Waals surface area contributed by atoms with E-state index in [1.807, 2.05) is 0 Å². The molecule has 1 amide bonds. The topological polar surface area (TPSA) is 36.4 Å². The van der Waals surface area contributed by atoms with Crippen LogP contribution >= 0.6 is 11.8 Å². The van der Waals surface area contributed by atoms with Crippen molar-refractivity contribution < 1.29 is 13.6 Å². The summed E-state index contributed by atoms with van der Waals surface area (Å²) < 4.78 is 25.4. The Morgan fingerprint density at radius 3 is 2.39 bits per heavy atom. The van der Waals surface area contributed by atoms with Crippen molar-refractivity contribution in [2.24, 2.45) is 0 Å². The number of rotatable bonds is 6. The molecule has 1 aliphatic heterocycles. The first-order valence-electron chi connectivity index (χ1n) is 9.44. The lowest BCUT2D eigenvalue weighted by atomic mass is 10.0. The Bertz CT molecular complexity index is 790. The smallest absolute Gasteiger partial charge is 0.290 e. The van der Waals surface area contributed by atoms with Gasteiger partial charge in [-0.25, -0.2) is 4.98 Å². The molecule has 0 bridgehead atoms. The van der Waals surface area contributed by atoms with E-state index in [4.69, 9.17) is 0 Å². The minimum absolute atomic E-state index is 0.0928. The fourth-order valence-electron chi connectivity index (χ4n) is 3.28. The summed E-state index contributed by atoms with van der Waals surface area (Å²) in [5.74, 6) is -2.30. The molecule has 0 saturated carbocycles. The summed E-state index contributed by atoms with van der Waals surface area (Å²) in [4.78, 5) is 20.8. The van der Waals surface area contributed by atoms with Crippen molar-refractivity contribution in [3.8, 4) is 0 Å². The third-order valence-electron chi connectivity index (χ3n) is 4.91. The molecule has 3 rings (SSSR count). The van der Waals surface area contributed by atoms with E-state index in [-0.39, 0.29) is 16.5 Å². The summed E-state index contributed by atoms with van der Waals surface area (Å²) in [5, 5.41) is 0.0928. The fraction of sp³-hybridized carbons (Fsp3) is 0.429. The molecule has 1 aliphatic rings. The van der Waals surface area contributed by atoms with E-state index in [0.29, 0.717) is 30.8 Å². The molecule has 1 fully saturated rings. The third kappa shape index (κ3) is 5.29. The summed E-state index contributed by atoms with van der Waals surface area (Å²) in [5.41, 5.74) is 2.84. The summed E-state index contributed by atoms with van der Waals surface area (Å²) >= 11 is 0.320. The van der Waals surface area contributed by atoms with Gasteiger partial charge >= 0.3 is 0 Å². The van der Waals surface area contributed by atoms with Crippen LogP contribution in [0.25, 0.3) is 0 Å². The maximum Gasteiger partial charge on any atom is 0.290 e. The predicted octanol–water partition coefficient (Wildman–Crippen LogP) is 4.48. The van der Waals surface area contributed by atoms with E-state index in [9.17, 15) is 13.6 Å². The van der Waals surface area contributed by atoms with Crippen LogP contribution in [-0.4, -0.2) is 52.6 Å². The number of nitrogens with zero attached hydrogens (tertiary/aromatic N) is 3. The second kappa shape index (κ2) is 9.47. The van der Waals surface area contributed by atoms with Crippen LogP contribution in [0.4, 0.5) is 8.78 Å². The van der Waals surface area contributed by atoms with Gasteiger partial charge in [-0.2, -0.15) is 8.78 Å². The lowest BCUT2D eigenvalue weighted by Crippen LogP contribution is -2.48. The molecule has 0 aliphatic carbocycles. The molecular formula is C21H25F2N3OS. The minimum atomic E-state index is -2.60. The highest BCUT2D eigenvalue weighted by Gasteiger charge is 2.25. The Morgan fingerprint density at radius 2 is 1.79 bits per heavy atom. The maximum absolute atomic E-state index is 12.8. The van der Waals surface area contributed by atoms with E-state index in [1.54, 1.807) is 17.0 Å². The molecule has 1 aromatic heterocycles. The quantitative estimate of drug-likeness (QED) is 0.664. The Kier molecular flexibility index (Phi) is 7.02. The molecule has 2 heterocycles. The van der Waals surface area contributed by atoms with Crippen LogP contribution in [0.15, 0.2) is 47.6 Å². The van der Waals surface area contributed by atoms with Crippen LogP contribution in [0, 0.1) is 0 Å². The number of benzene rings is 1. The normalized spacial score (nSPS) is 15.4. The Hall–Kier alpha value is -1.99. The Labute approximate surface area is 168 Å². The number of hydrogen-bond acceptors (Lipinski definition) is 4. The molecule has 0 N–H and O–H groups in total. The Morgan fingerprint density at radius 1 is 1.11 bits per heavy atom. The number of halogens is 2. The van der Waals surface area contributed by atoms with Crippen molar-refractivity contribution >= 4 is 17.7 Å². The van der Waals surface area contributed by atoms with Crippen molar-refractivity contribution in [3.05, 3.63) is 59.3 Å². The molecule has 0 spiro atoms. The predicted molar refractivity (Wildman–Crippen MR) is 108 cm³/mol. The molecular weight excluding hydrogens is 380 g/mol. The third-order valence-corrected chi connectivity index (χ3v) is 5.64. The zero-order valence-electron chi connectivity index (χ0n) is 16.1. The van der Waals surface area contributed by atoms with Gasteiger partial charge in [-0.05, 0) is 40.9 Å². The van der Waals surface area contributed by atoms with Gasteiger partial charge < -0.3 is 4.90 Å². The van der Waals surface area contributed by atoms with Crippen LogP contribution in [0.5, 0.6) is 0 Å². The van der Waals surface area contributed by atoms with Gasteiger partial charge in [-0.1, -0.05) is 38.1 Å². The summed E-state index contributed by atoms with van der Waals surface area (Å²) in [7, 11) is 0. The minimum Gasteiger partial charge on any atom is -0.336 e. The first kappa shape index (κ1) is 20.7. The lowest BCUT2D eigenvalue weighted by molar-refractivity contribution is 0.0624. The number of amides is 1. The van der Waals surface area contributed by atoms with Crippen LogP contribution in [0.3, 0.4) is 0 Å². The fourth-order valence-corrected chi connectivity index (χ4v) is 3.85. The lowest BCUT2D eigenvalue weighted by Gasteiger charge is -2.35. The highest BCUT2D eigenvalue weighted by molar-refractivity contribution is 7.99. The van der Waals surface area contributed by atoms with Gasteiger partial charge in [0.15, 0.2) is 0 Å². The van der Waals surface area contributed by atoms with Gasteiger partial charge in [0.25, 0.3) is 11.7 Å². The Balaban J connectivity index is 1.57. The number of pyridine rings is 1. The zero-order valence-corrected chi connectivity index (χ0v) is 17.0. The molecule has 1 aromatic carbocycles. The van der Waals surface area contributed by atoms with Gasteiger partial charge in [-0.15, -0.1) is 0 Å². The van der Waals surface area contributed by atoms with E-state index in [0.717, 1.165) is 19.6 Å². The number of hydrogen-bond donors (Lipinski definition) is 0. The number of alkyl halides is 2. The highest BCUT2D eigenvalue weighted by atomic mass is 32.2.